The average Bonchev–Trinajstić information content (AvgIpc) is 2.59. The molecule has 132 valence electrons. The fourth-order valence-electron chi connectivity index (χ4n) is 1.77. The molecule has 0 amide bonds. The molecule has 0 bridgehead atoms. The van der Waals surface area contributed by atoms with E-state index in [4.69, 9.17) is 11.6 Å². The first-order valence-electron chi connectivity index (χ1n) is 6.82. The number of halogens is 4. The van der Waals surface area contributed by atoms with Gasteiger partial charge in [-0.1, -0.05) is 23.7 Å². The number of hydrazone groups is 1. The Labute approximate surface area is 146 Å². The van der Waals surface area contributed by atoms with Gasteiger partial charge in [0.25, 0.3) is 0 Å². The third kappa shape index (κ3) is 5.68. The Balaban J connectivity index is 2.02. The maximum atomic E-state index is 12.1. The summed E-state index contributed by atoms with van der Waals surface area (Å²) in [5.41, 5.74) is 3.93. The number of methoxy groups -OCH3 is 1. The summed E-state index contributed by atoms with van der Waals surface area (Å²) >= 11 is 6.04. The van der Waals surface area contributed by atoms with Gasteiger partial charge in [-0.2, -0.15) is 5.10 Å². The van der Waals surface area contributed by atoms with Gasteiger partial charge in [-0.25, -0.2) is 4.79 Å². The number of esters is 1. The molecule has 1 N–H and O–H groups in total. The summed E-state index contributed by atoms with van der Waals surface area (Å²) in [5, 5.41) is 4.02. The van der Waals surface area contributed by atoms with Crippen LogP contribution in [-0.2, 0) is 4.74 Å². The lowest BCUT2D eigenvalue weighted by atomic mass is 10.1. The van der Waals surface area contributed by atoms with Crippen LogP contribution in [0.25, 0.3) is 0 Å². The molecule has 0 atom stereocenters. The molecule has 2 aromatic rings. The van der Waals surface area contributed by atoms with Crippen LogP contribution in [0.5, 0.6) is 5.75 Å². The van der Waals surface area contributed by atoms with Crippen molar-refractivity contribution in [1.82, 2.24) is 0 Å². The number of hydrogen-bond donors (Lipinski definition) is 1. The van der Waals surface area contributed by atoms with Crippen molar-refractivity contribution in [2.75, 3.05) is 12.5 Å². The topological polar surface area (TPSA) is 59.9 Å². The van der Waals surface area contributed by atoms with E-state index in [1.54, 1.807) is 12.1 Å². The van der Waals surface area contributed by atoms with Gasteiger partial charge in [0, 0.05) is 5.56 Å². The molecule has 0 aliphatic rings. The SMILES string of the molecule is COC(=O)c1ccc(C(Cl)=NNc2ccc(OC(F)(F)F)cc2)cc1. The van der Waals surface area contributed by atoms with Crippen LogP contribution in [-0.4, -0.2) is 24.6 Å². The van der Waals surface area contributed by atoms with Gasteiger partial charge in [0.1, 0.15) is 5.75 Å². The third-order valence-corrected chi connectivity index (χ3v) is 3.22. The Hall–Kier alpha value is -2.74. The zero-order valence-corrected chi connectivity index (χ0v) is 13.6. The Morgan fingerprint density at radius 2 is 1.60 bits per heavy atom. The van der Waals surface area contributed by atoms with Gasteiger partial charge in [-0.15, -0.1) is 13.2 Å². The minimum Gasteiger partial charge on any atom is -0.465 e. The van der Waals surface area contributed by atoms with Crippen LogP contribution in [0.4, 0.5) is 18.9 Å². The van der Waals surface area contributed by atoms with Crippen LogP contribution in [0, 0.1) is 0 Å². The molecule has 2 rings (SSSR count). The van der Waals surface area contributed by atoms with E-state index in [1.165, 1.54) is 31.4 Å². The van der Waals surface area contributed by atoms with Gasteiger partial charge in [0.2, 0.25) is 0 Å². The van der Waals surface area contributed by atoms with Crippen molar-refractivity contribution in [1.29, 1.82) is 0 Å². The molecule has 5 nitrogen and oxygen atoms in total. The van der Waals surface area contributed by atoms with Crippen molar-refractivity contribution < 1.29 is 27.4 Å². The molecule has 0 aliphatic carbocycles. The summed E-state index contributed by atoms with van der Waals surface area (Å²) in [6, 6.07) is 11.2. The number of ether oxygens (including phenoxy) is 2. The second-order valence-electron chi connectivity index (χ2n) is 4.66. The molecule has 9 heteroatoms. The molecular weight excluding hydrogens is 361 g/mol. The summed E-state index contributed by atoms with van der Waals surface area (Å²) in [6.07, 6.45) is -4.74. The van der Waals surface area contributed by atoms with E-state index in [0.29, 0.717) is 16.8 Å². The molecular formula is C16H12ClF3N2O3. The van der Waals surface area contributed by atoms with Crippen LogP contribution >= 0.6 is 11.6 Å². The van der Waals surface area contributed by atoms with Gasteiger partial charge >= 0.3 is 12.3 Å². The van der Waals surface area contributed by atoms with E-state index in [2.05, 4.69) is 20.0 Å². The van der Waals surface area contributed by atoms with E-state index in [1.807, 2.05) is 0 Å². The highest BCUT2D eigenvalue weighted by molar-refractivity contribution is 6.69. The van der Waals surface area contributed by atoms with Crippen molar-refractivity contribution in [2.45, 2.75) is 6.36 Å². The average molecular weight is 373 g/mol. The van der Waals surface area contributed by atoms with E-state index in [9.17, 15) is 18.0 Å². The summed E-state index contributed by atoms with van der Waals surface area (Å²) < 4.78 is 44.6. The van der Waals surface area contributed by atoms with Crippen molar-refractivity contribution in [2.24, 2.45) is 5.10 Å². The number of anilines is 1. The highest BCUT2D eigenvalue weighted by Crippen LogP contribution is 2.24. The summed E-state index contributed by atoms with van der Waals surface area (Å²) in [4.78, 5) is 11.3. The molecule has 0 unspecified atom stereocenters. The number of rotatable bonds is 5. The van der Waals surface area contributed by atoms with E-state index >= 15 is 0 Å². The van der Waals surface area contributed by atoms with Gasteiger partial charge in [0.05, 0.1) is 18.4 Å². The zero-order chi connectivity index (χ0) is 18.4. The maximum absolute atomic E-state index is 12.1. The first kappa shape index (κ1) is 18.6. The van der Waals surface area contributed by atoms with Crippen LogP contribution in [0.1, 0.15) is 15.9 Å². The fraction of sp³-hybridized carbons (Fsp3) is 0.125. The largest absolute Gasteiger partial charge is 0.573 e. The highest BCUT2D eigenvalue weighted by Gasteiger charge is 2.30. The van der Waals surface area contributed by atoms with Crippen LogP contribution in [0.15, 0.2) is 53.6 Å². The summed E-state index contributed by atoms with van der Waals surface area (Å²) in [7, 11) is 1.28. The number of nitrogens with zero attached hydrogens (tertiary/aromatic N) is 1. The maximum Gasteiger partial charge on any atom is 0.573 e. The Morgan fingerprint density at radius 1 is 1.04 bits per heavy atom. The smallest absolute Gasteiger partial charge is 0.465 e. The predicted octanol–water partition coefficient (Wildman–Crippen LogP) is 4.38. The van der Waals surface area contributed by atoms with Crippen molar-refractivity contribution in [3.63, 3.8) is 0 Å². The van der Waals surface area contributed by atoms with Gasteiger partial charge < -0.3 is 9.47 Å². The highest BCUT2D eigenvalue weighted by atomic mass is 35.5. The van der Waals surface area contributed by atoms with Gasteiger partial charge in [-0.3, -0.25) is 5.43 Å². The van der Waals surface area contributed by atoms with Crippen LogP contribution < -0.4 is 10.2 Å². The van der Waals surface area contributed by atoms with Gasteiger partial charge in [0.15, 0.2) is 5.17 Å². The second-order valence-corrected chi connectivity index (χ2v) is 5.01. The lowest BCUT2D eigenvalue weighted by Gasteiger charge is -2.09. The van der Waals surface area contributed by atoms with E-state index in [-0.39, 0.29) is 10.9 Å². The third-order valence-electron chi connectivity index (χ3n) is 2.92. The van der Waals surface area contributed by atoms with Gasteiger partial charge in [-0.05, 0) is 36.4 Å². The lowest BCUT2D eigenvalue weighted by molar-refractivity contribution is -0.274. The Morgan fingerprint density at radius 3 is 2.12 bits per heavy atom. The van der Waals surface area contributed by atoms with Crippen molar-refractivity contribution in [3.05, 3.63) is 59.7 Å². The quantitative estimate of drug-likeness (QED) is 0.480. The second kappa shape index (κ2) is 7.89. The number of alkyl halides is 3. The van der Waals surface area contributed by atoms with Crippen LogP contribution in [0.3, 0.4) is 0 Å². The molecule has 0 fully saturated rings. The molecule has 0 spiro atoms. The first-order valence-corrected chi connectivity index (χ1v) is 7.20. The number of carbonyl (C=O) groups excluding carboxylic acids is 1. The van der Waals surface area contributed by atoms with E-state index < -0.39 is 12.3 Å². The zero-order valence-electron chi connectivity index (χ0n) is 12.8. The number of nitrogens with one attached hydrogen (secondary N) is 1. The van der Waals surface area contributed by atoms with Crippen molar-refractivity contribution >= 4 is 28.4 Å². The number of benzene rings is 2. The number of carbonyl (C=O) groups is 1. The molecule has 0 aromatic heterocycles. The van der Waals surface area contributed by atoms with Crippen LogP contribution in [0.2, 0.25) is 0 Å². The molecule has 2 aromatic carbocycles. The molecule has 0 heterocycles. The first-order chi connectivity index (χ1) is 11.8. The standard InChI is InChI=1S/C16H12ClF3N2O3/c1-24-15(23)11-4-2-10(3-5-11)14(17)22-21-12-6-8-13(9-7-12)25-16(18,19)20/h2-9,21H,1H3. The summed E-state index contributed by atoms with van der Waals surface area (Å²) in [6.45, 7) is 0. The Bertz CT molecular complexity index is 760. The number of hydrogen-bond acceptors (Lipinski definition) is 5. The molecule has 0 saturated carbocycles. The minimum atomic E-state index is -4.74. The molecule has 0 aliphatic heterocycles. The van der Waals surface area contributed by atoms with E-state index in [0.717, 1.165) is 12.1 Å². The predicted molar refractivity (Wildman–Crippen MR) is 86.9 cm³/mol. The van der Waals surface area contributed by atoms with Crippen molar-refractivity contribution in [3.8, 4) is 5.75 Å². The lowest BCUT2D eigenvalue weighted by Crippen LogP contribution is -2.16. The monoisotopic (exact) mass is 372 g/mol. The molecule has 0 saturated heterocycles. The fourth-order valence-corrected chi connectivity index (χ4v) is 1.94. The molecule has 25 heavy (non-hydrogen) atoms. The minimum absolute atomic E-state index is 0.104. The Kier molecular flexibility index (Phi) is 5.87. The summed E-state index contributed by atoms with van der Waals surface area (Å²) in [5.74, 6) is -0.814. The molecule has 0 radical (unpaired) electrons. The normalized spacial score (nSPS) is 11.8.